The molecule has 0 amide bonds. The maximum atomic E-state index is 11.2. The molecule has 1 N–H and O–H groups in total. The van der Waals surface area contributed by atoms with Gasteiger partial charge in [-0.1, -0.05) is 121 Å². The van der Waals surface area contributed by atoms with Crippen LogP contribution in [0.5, 0.6) is 0 Å². The molecule has 0 unspecified atom stereocenters. The second-order valence-electron chi connectivity index (χ2n) is 8.09. The van der Waals surface area contributed by atoms with Crippen LogP contribution in [-0.4, -0.2) is 52.9 Å². The lowest BCUT2D eigenvalue weighted by Gasteiger charge is -2.07. The van der Waals surface area contributed by atoms with Gasteiger partial charge in [-0.25, -0.2) is 0 Å². The van der Waals surface area contributed by atoms with Gasteiger partial charge in [0.2, 0.25) is 0 Å². The van der Waals surface area contributed by atoms with Crippen molar-refractivity contribution in [3.8, 4) is 0 Å². The predicted octanol–water partition coefficient (Wildman–Crippen LogP) is 10.8. The predicted molar refractivity (Wildman–Crippen MR) is 192 cm³/mol. The molecule has 0 fully saturated rings. The van der Waals surface area contributed by atoms with Crippen LogP contribution < -0.4 is 0 Å². The van der Waals surface area contributed by atoms with Gasteiger partial charge in [0.25, 0.3) is 0 Å². The molecule has 0 atom stereocenters. The average Bonchev–Trinajstić information content (AvgIpc) is 3.04. The van der Waals surface area contributed by atoms with Crippen LogP contribution in [0.3, 0.4) is 0 Å². The third-order valence-corrected chi connectivity index (χ3v) is 5.41. The smallest absolute Gasteiger partial charge is 0.197 e. The highest BCUT2D eigenvalue weighted by Gasteiger charge is 2.06. The summed E-state index contributed by atoms with van der Waals surface area (Å²) >= 11 is 0. The summed E-state index contributed by atoms with van der Waals surface area (Å²) in [6.07, 6.45) is 0. The molecule has 250 valence electrons. The fourth-order valence-corrected chi connectivity index (χ4v) is 3.03. The minimum Gasteiger partial charge on any atom is -0.392 e. The number of hydrogen-bond acceptors (Lipinski definition) is 7. The second kappa shape index (κ2) is 38.2. The topological polar surface area (TPSA) is 202 Å². The van der Waals surface area contributed by atoms with Gasteiger partial charge in [0, 0.05) is 57.4 Å². The maximum Gasteiger partial charge on any atom is 0.197 e. The molecule has 45 heavy (non-hydrogen) atoms. The van der Waals surface area contributed by atoms with Crippen LogP contribution in [0.1, 0.15) is 31.5 Å². The van der Waals surface area contributed by atoms with Gasteiger partial charge in [-0.05, 0) is 46.6 Å². The van der Waals surface area contributed by atoms with Crippen molar-refractivity contribution < 1.29 is 18.7 Å². The molecule has 0 aromatic heterocycles. The molecule has 13 nitrogen and oxygen atoms in total. The van der Waals surface area contributed by atoms with Crippen molar-refractivity contribution in [2.75, 3.05) is 47.8 Å². The molecule has 0 heterocycles. The minimum absolute atomic E-state index is 0. The summed E-state index contributed by atoms with van der Waals surface area (Å²) in [7, 11) is 1.61. The first kappa shape index (κ1) is 50.7. The molecule has 0 spiro atoms. The largest absolute Gasteiger partial charge is 0.392 e. The molecule has 0 radical (unpaired) electrons. The zero-order valence-corrected chi connectivity index (χ0v) is 27.7. The number of rotatable bonds is 7. The maximum absolute atomic E-state index is 11.2. The van der Waals surface area contributed by atoms with Gasteiger partial charge < -0.3 is 14.2 Å². The van der Waals surface area contributed by atoms with E-state index in [0.29, 0.717) is 6.61 Å². The van der Waals surface area contributed by atoms with E-state index >= 15 is 0 Å². The van der Waals surface area contributed by atoms with Crippen LogP contribution in [0, 0.1) is 0 Å². The molecule has 3 rings (SSSR count). The first-order chi connectivity index (χ1) is 20.5. The fourth-order valence-electron chi connectivity index (χ4n) is 2.17. The Labute approximate surface area is 270 Å². The van der Waals surface area contributed by atoms with Crippen LogP contribution in [0.25, 0.3) is 31.3 Å². The first-order valence-electron chi connectivity index (χ1n) is 12.6. The van der Waals surface area contributed by atoms with Crippen molar-refractivity contribution in [2.45, 2.75) is 34.7 Å². The van der Waals surface area contributed by atoms with Crippen molar-refractivity contribution in [3.05, 3.63) is 139 Å². The van der Waals surface area contributed by atoms with Gasteiger partial charge in [-0.2, -0.15) is 0 Å². The summed E-state index contributed by atoms with van der Waals surface area (Å²) in [5, 5.41) is 17.3. The van der Waals surface area contributed by atoms with Crippen molar-refractivity contribution in [3.63, 3.8) is 0 Å². The van der Waals surface area contributed by atoms with Crippen LogP contribution in [0.15, 0.2) is 106 Å². The highest BCUT2D eigenvalue weighted by atomic mass is 31.2. The molecule has 3 aromatic carbocycles. The Balaban J connectivity index is -0.000000150. The zero-order chi connectivity index (χ0) is 33.2. The number of hydrogen-bond donors (Lipinski definition) is 1. The van der Waals surface area contributed by atoms with E-state index < -0.39 is 7.37 Å². The highest BCUT2D eigenvalue weighted by molar-refractivity contribution is 7.57. The number of aliphatic hydroxyl groups is 1. The van der Waals surface area contributed by atoms with Crippen molar-refractivity contribution in [1.29, 1.82) is 0 Å². The Morgan fingerprint density at radius 1 is 0.667 bits per heavy atom. The van der Waals surface area contributed by atoms with Crippen LogP contribution >= 0.6 is 15.5 Å². The summed E-state index contributed by atoms with van der Waals surface area (Å²) in [6, 6.07) is 29.5. The lowest BCUT2D eigenvalue weighted by molar-refractivity contribution is 0.282. The van der Waals surface area contributed by atoms with E-state index in [-0.39, 0.29) is 29.6 Å². The Hall–Kier alpha value is -3.87. The van der Waals surface area contributed by atoms with Gasteiger partial charge in [0.05, 0.1) is 19.8 Å². The normalized spacial score (nSPS) is 8.38. The van der Waals surface area contributed by atoms with Gasteiger partial charge >= 0.3 is 0 Å². The zero-order valence-electron chi connectivity index (χ0n) is 25.9. The Morgan fingerprint density at radius 3 is 1.18 bits per heavy atom. The van der Waals surface area contributed by atoms with Gasteiger partial charge in [0.15, 0.2) is 7.37 Å². The molecular weight excluding hydrogens is 612 g/mol. The Kier molecular flexibility index (Phi) is 43.0. The molecule has 0 bridgehead atoms. The lowest BCUT2D eigenvalue weighted by Crippen LogP contribution is -1.88. The molecule has 0 aliphatic heterocycles. The van der Waals surface area contributed by atoms with Gasteiger partial charge in [-0.3, -0.25) is 4.57 Å². The monoisotopic (exact) mass is 663 g/mol. The molecule has 0 aliphatic carbocycles. The third-order valence-electron chi connectivity index (χ3n) is 4.01. The molecule has 0 saturated heterocycles. The fraction of sp³-hybridized carbons (Fsp3) is 0.400. The molecule has 0 saturated carbocycles. The standard InChI is InChI=1S/C9H13O2P.C9H13OP.C7H8O.3CH3N3.2CH4/c1-12(2,10)11-8-9-6-4-3-5-7-9;1-11(2)10-8-9-6-4-3-5-7-9;8-6-7-4-2-1-3-5-7;3*1-3-4-2;;/h3-7H,8H2,1-2H3;3-7H,8H2,1-2H3;1-5,8H,6H2;3*1H3;2*1H4. The summed E-state index contributed by atoms with van der Waals surface area (Å²) in [4.78, 5) is 7.08. The molecular formula is C30H51N9O4P2. The van der Waals surface area contributed by atoms with Crippen LogP contribution in [-0.2, 0) is 33.4 Å². The Bertz CT molecular complexity index is 1190. The molecule has 3 aromatic rings. The van der Waals surface area contributed by atoms with Crippen LogP contribution in [0.2, 0.25) is 0 Å². The van der Waals surface area contributed by atoms with E-state index in [4.69, 9.17) is 30.7 Å². The van der Waals surface area contributed by atoms with Gasteiger partial charge in [-0.15, -0.1) is 0 Å². The summed E-state index contributed by atoms with van der Waals surface area (Å²) in [6.45, 7) is 8.79. The van der Waals surface area contributed by atoms with E-state index in [1.54, 1.807) is 13.3 Å². The van der Waals surface area contributed by atoms with E-state index in [0.717, 1.165) is 17.7 Å². The number of azide groups is 3. The SMILES string of the molecule is C.C.CN=[N+]=[N-].CN=[N+]=[N-].CN=[N+]=[N-].CP(C)(=O)OCc1ccccc1.CP(C)OCc1ccccc1.OCc1ccccc1. The minimum atomic E-state index is -2.33. The second-order valence-corrected chi connectivity index (χ2v) is 12.7. The summed E-state index contributed by atoms with van der Waals surface area (Å²) in [5.74, 6) is 0. The molecule has 0 aliphatic rings. The Morgan fingerprint density at radius 2 is 0.956 bits per heavy atom. The average molecular weight is 664 g/mol. The van der Waals surface area contributed by atoms with Crippen molar-refractivity contribution >= 4 is 15.5 Å². The van der Waals surface area contributed by atoms with E-state index in [1.807, 2.05) is 78.9 Å². The quantitative estimate of drug-likeness (QED) is 0.113. The first-order valence-corrected chi connectivity index (χ1v) is 17.2. The van der Waals surface area contributed by atoms with E-state index in [9.17, 15) is 4.57 Å². The summed E-state index contributed by atoms with van der Waals surface area (Å²) in [5.41, 5.74) is 25.3. The molecule has 15 heteroatoms. The third kappa shape index (κ3) is 44.7. The number of benzene rings is 3. The number of nitrogens with zero attached hydrogens (tertiary/aromatic N) is 9. The van der Waals surface area contributed by atoms with Crippen molar-refractivity contribution in [1.82, 2.24) is 0 Å². The van der Waals surface area contributed by atoms with Gasteiger partial charge in [0.1, 0.15) is 0 Å². The van der Waals surface area contributed by atoms with Crippen molar-refractivity contribution in [2.24, 2.45) is 15.3 Å². The lowest BCUT2D eigenvalue weighted by atomic mass is 10.2. The van der Waals surface area contributed by atoms with E-state index in [2.05, 4.69) is 55.5 Å². The summed E-state index contributed by atoms with van der Waals surface area (Å²) < 4.78 is 21.8. The van der Waals surface area contributed by atoms with E-state index in [1.165, 1.54) is 26.7 Å². The number of aliphatic hydroxyl groups excluding tert-OH is 1. The van der Waals surface area contributed by atoms with Crippen LogP contribution in [0.4, 0.5) is 0 Å². The highest BCUT2D eigenvalue weighted by Crippen LogP contribution is 2.38.